The van der Waals surface area contributed by atoms with Crippen LogP contribution in [0.5, 0.6) is 0 Å². The van der Waals surface area contributed by atoms with Gasteiger partial charge in [0.15, 0.2) is 5.82 Å². The van der Waals surface area contributed by atoms with Crippen molar-refractivity contribution in [3.05, 3.63) is 56.4 Å². The van der Waals surface area contributed by atoms with E-state index in [4.69, 9.17) is 23.2 Å². The zero-order valence-corrected chi connectivity index (χ0v) is 13.9. The average Bonchev–Trinajstić information content (AvgIpc) is 2.45. The molecule has 0 aliphatic carbocycles. The second-order valence-electron chi connectivity index (χ2n) is 4.55. The highest BCUT2D eigenvalue weighted by molar-refractivity contribution is 9.10. The van der Waals surface area contributed by atoms with Crippen molar-refractivity contribution in [2.24, 2.45) is 0 Å². The first kappa shape index (κ1) is 14.7. The highest BCUT2D eigenvalue weighted by Gasteiger charge is 2.14. The summed E-state index contributed by atoms with van der Waals surface area (Å²) in [6, 6.07) is 8.34. The Hall–Kier alpha value is -1.23. The number of rotatable bonds is 1. The van der Waals surface area contributed by atoms with Gasteiger partial charge in [-0.3, -0.25) is 0 Å². The van der Waals surface area contributed by atoms with Gasteiger partial charge >= 0.3 is 0 Å². The lowest BCUT2D eigenvalue weighted by Crippen LogP contribution is -1.95. The van der Waals surface area contributed by atoms with Crippen LogP contribution >= 0.6 is 39.1 Å². The molecule has 0 unspecified atom stereocenters. The van der Waals surface area contributed by atoms with Crippen LogP contribution in [0.1, 0.15) is 5.56 Å². The molecule has 0 amide bonds. The lowest BCUT2D eigenvalue weighted by atomic mass is 10.1. The molecule has 0 radical (unpaired) electrons. The van der Waals surface area contributed by atoms with Crippen LogP contribution in [-0.4, -0.2) is 9.97 Å². The van der Waals surface area contributed by atoms with Gasteiger partial charge in [0.1, 0.15) is 16.5 Å². The van der Waals surface area contributed by atoms with E-state index in [1.54, 1.807) is 12.1 Å². The molecule has 0 N–H and O–H groups in total. The van der Waals surface area contributed by atoms with Gasteiger partial charge in [-0.2, -0.15) is 0 Å². The summed E-state index contributed by atoms with van der Waals surface area (Å²) in [6.07, 6.45) is 0. The second-order valence-corrected chi connectivity index (χ2v) is 6.17. The molecule has 0 saturated heterocycles. The zero-order valence-electron chi connectivity index (χ0n) is 10.8. The van der Waals surface area contributed by atoms with Gasteiger partial charge in [-0.05, 0) is 46.6 Å². The van der Waals surface area contributed by atoms with Crippen molar-refractivity contribution in [1.82, 2.24) is 9.97 Å². The van der Waals surface area contributed by atoms with Crippen LogP contribution in [0, 0.1) is 12.7 Å². The molecule has 1 aromatic heterocycles. The Kier molecular flexibility index (Phi) is 3.86. The SMILES string of the molecule is Cc1ccc(-c2nc(Cl)c3c(Br)ccc(F)c3n2)cc1Cl. The van der Waals surface area contributed by atoms with E-state index in [0.717, 1.165) is 5.56 Å². The number of hydrogen-bond donors (Lipinski definition) is 0. The smallest absolute Gasteiger partial charge is 0.161 e. The van der Waals surface area contributed by atoms with Gasteiger partial charge in [0.05, 0.1) is 5.39 Å². The van der Waals surface area contributed by atoms with Crippen molar-refractivity contribution in [3.8, 4) is 11.4 Å². The summed E-state index contributed by atoms with van der Waals surface area (Å²) in [4.78, 5) is 8.52. The van der Waals surface area contributed by atoms with Crippen molar-refractivity contribution >= 4 is 50.0 Å². The average molecular weight is 386 g/mol. The van der Waals surface area contributed by atoms with Gasteiger partial charge in [0.25, 0.3) is 0 Å². The lowest BCUT2D eigenvalue weighted by molar-refractivity contribution is 0.636. The number of aromatic nitrogens is 2. The maximum Gasteiger partial charge on any atom is 0.161 e. The first-order valence-electron chi connectivity index (χ1n) is 6.05. The summed E-state index contributed by atoms with van der Waals surface area (Å²) in [7, 11) is 0. The predicted octanol–water partition coefficient (Wildman–Crippen LogP) is 5.81. The molecule has 6 heteroatoms. The molecule has 0 spiro atoms. The largest absolute Gasteiger partial charge is 0.225 e. The van der Waals surface area contributed by atoms with Crippen molar-refractivity contribution in [2.75, 3.05) is 0 Å². The highest BCUT2D eigenvalue weighted by Crippen LogP contribution is 2.32. The van der Waals surface area contributed by atoms with Crippen LogP contribution in [0.4, 0.5) is 4.39 Å². The number of benzene rings is 2. The third-order valence-electron chi connectivity index (χ3n) is 3.14. The Morgan fingerprint density at radius 3 is 2.57 bits per heavy atom. The molecule has 3 rings (SSSR count). The number of fused-ring (bicyclic) bond motifs is 1. The summed E-state index contributed by atoms with van der Waals surface area (Å²) in [5.41, 5.74) is 1.81. The number of hydrogen-bond acceptors (Lipinski definition) is 2. The normalized spacial score (nSPS) is 11.1. The summed E-state index contributed by atoms with van der Waals surface area (Å²) in [6.45, 7) is 1.90. The second kappa shape index (κ2) is 5.52. The third kappa shape index (κ3) is 2.63. The molecular formula is C15H8BrCl2FN2. The van der Waals surface area contributed by atoms with E-state index in [1.165, 1.54) is 6.07 Å². The fourth-order valence-electron chi connectivity index (χ4n) is 1.99. The fourth-order valence-corrected chi connectivity index (χ4v) is 3.06. The van der Waals surface area contributed by atoms with Crippen molar-refractivity contribution in [1.29, 1.82) is 0 Å². The summed E-state index contributed by atoms with van der Waals surface area (Å²) >= 11 is 15.6. The van der Waals surface area contributed by atoms with E-state index >= 15 is 0 Å². The molecule has 0 atom stereocenters. The van der Waals surface area contributed by atoms with Crippen LogP contribution < -0.4 is 0 Å². The van der Waals surface area contributed by atoms with Crippen LogP contribution in [0.15, 0.2) is 34.8 Å². The van der Waals surface area contributed by atoms with Gasteiger partial charge in [0, 0.05) is 15.1 Å². The van der Waals surface area contributed by atoms with E-state index in [-0.39, 0.29) is 10.7 Å². The highest BCUT2D eigenvalue weighted by atomic mass is 79.9. The maximum absolute atomic E-state index is 14.0. The first-order chi connectivity index (χ1) is 9.97. The van der Waals surface area contributed by atoms with Crippen LogP contribution in [-0.2, 0) is 0 Å². The molecule has 0 aliphatic heterocycles. The minimum absolute atomic E-state index is 0.177. The molecule has 0 bridgehead atoms. The number of aryl methyl sites for hydroxylation is 1. The molecular weight excluding hydrogens is 378 g/mol. The number of halogens is 4. The summed E-state index contributed by atoms with van der Waals surface area (Å²) in [5, 5.41) is 1.25. The molecule has 1 heterocycles. The predicted molar refractivity (Wildman–Crippen MR) is 87.4 cm³/mol. The van der Waals surface area contributed by atoms with Crippen molar-refractivity contribution in [3.63, 3.8) is 0 Å². The molecule has 106 valence electrons. The van der Waals surface area contributed by atoms with E-state index < -0.39 is 5.82 Å². The van der Waals surface area contributed by atoms with Crippen LogP contribution in [0.25, 0.3) is 22.3 Å². The van der Waals surface area contributed by atoms with Gasteiger partial charge in [-0.15, -0.1) is 0 Å². The molecule has 0 saturated carbocycles. The maximum atomic E-state index is 14.0. The Morgan fingerprint density at radius 2 is 1.86 bits per heavy atom. The number of nitrogens with zero attached hydrogens (tertiary/aromatic N) is 2. The van der Waals surface area contributed by atoms with Gasteiger partial charge in [0.2, 0.25) is 0 Å². The third-order valence-corrected chi connectivity index (χ3v) is 4.48. The van der Waals surface area contributed by atoms with E-state index in [0.29, 0.717) is 26.3 Å². The zero-order chi connectivity index (χ0) is 15.1. The van der Waals surface area contributed by atoms with E-state index in [1.807, 2.05) is 19.1 Å². The Morgan fingerprint density at radius 1 is 1.10 bits per heavy atom. The Labute approximate surface area is 139 Å². The summed E-state index contributed by atoms with van der Waals surface area (Å²) < 4.78 is 14.6. The first-order valence-corrected chi connectivity index (χ1v) is 7.60. The minimum atomic E-state index is -0.447. The Bertz CT molecular complexity index is 868. The molecule has 21 heavy (non-hydrogen) atoms. The lowest BCUT2D eigenvalue weighted by Gasteiger charge is -2.08. The molecule has 2 nitrogen and oxygen atoms in total. The molecule has 0 aliphatic rings. The topological polar surface area (TPSA) is 25.8 Å². The quantitative estimate of drug-likeness (QED) is 0.493. The monoisotopic (exact) mass is 384 g/mol. The minimum Gasteiger partial charge on any atom is -0.225 e. The molecule has 3 aromatic rings. The summed E-state index contributed by atoms with van der Waals surface area (Å²) in [5.74, 6) is -0.108. The van der Waals surface area contributed by atoms with Crippen molar-refractivity contribution < 1.29 is 4.39 Å². The van der Waals surface area contributed by atoms with Gasteiger partial charge < -0.3 is 0 Å². The molecule has 2 aromatic carbocycles. The molecule has 0 fully saturated rings. The van der Waals surface area contributed by atoms with Crippen LogP contribution in [0.3, 0.4) is 0 Å². The standard InChI is InChI=1S/C15H8BrCl2FN2/c1-7-2-3-8(6-10(7)17)15-20-13-11(19)5-4-9(16)12(13)14(18)21-15/h2-6H,1H3. The van der Waals surface area contributed by atoms with E-state index in [9.17, 15) is 4.39 Å². The van der Waals surface area contributed by atoms with Gasteiger partial charge in [-0.1, -0.05) is 35.3 Å². The van der Waals surface area contributed by atoms with Crippen molar-refractivity contribution in [2.45, 2.75) is 6.92 Å². The van der Waals surface area contributed by atoms with E-state index in [2.05, 4.69) is 25.9 Å². The van der Waals surface area contributed by atoms with Crippen LogP contribution in [0.2, 0.25) is 10.2 Å². The fraction of sp³-hybridized carbons (Fsp3) is 0.0667. The Balaban J connectivity index is 2.30. The van der Waals surface area contributed by atoms with Gasteiger partial charge in [-0.25, -0.2) is 14.4 Å².